The molecule has 2 aromatic rings. The van der Waals surface area contributed by atoms with Gasteiger partial charge in [0.1, 0.15) is 5.65 Å². The van der Waals surface area contributed by atoms with Gasteiger partial charge in [-0.05, 0) is 37.4 Å². The highest BCUT2D eigenvalue weighted by Gasteiger charge is 2.19. The monoisotopic (exact) mass is 376 g/mol. The molecule has 3 rings (SSSR count). The van der Waals surface area contributed by atoms with Crippen molar-refractivity contribution in [1.82, 2.24) is 19.0 Å². The first-order valence-electron chi connectivity index (χ1n) is 9.35. The zero-order valence-electron chi connectivity index (χ0n) is 16.1. The van der Waals surface area contributed by atoms with Gasteiger partial charge in [0.2, 0.25) is 0 Å². The van der Waals surface area contributed by atoms with Gasteiger partial charge in [-0.3, -0.25) is 13.9 Å². The summed E-state index contributed by atoms with van der Waals surface area (Å²) in [6, 6.07) is 0. The maximum absolute atomic E-state index is 12.8. The van der Waals surface area contributed by atoms with Gasteiger partial charge in [-0.15, -0.1) is 11.8 Å². The molecule has 0 aromatic carbocycles. The van der Waals surface area contributed by atoms with E-state index in [9.17, 15) is 9.59 Å². The Morgan fingerprint density at radius 2 is 1.81 bits per heavy atom. The average molecular weight is 377 g/mol. The minimum absolute atomic E-state index is 0.251. The van der Waals surface area contributed by atoms with E-state index >= 15 is 0 Å². The van der Waals surface area contributed by atoms with Gasteiger partial charge in [-0.1, -0.05) is 20.3 Å². The standard InChI is InChI=1S/C19H28N4O2S/c1-13(2)14-12-20-17-15(18(24)22(4)19(25)21(17)3)16(14)26-11-10-23-8-6-5-7-9-23/h12-13H,5-11H2,1-4H3. The van der Waals surface area contributed by atoms with E-state index in [1.165, 1.54) is 48.5 Å². The number of thioether (sulfide) groups is 1. The number of pyridine rings is 1. The molecule has 1 fully saturated rings. The maximum Gasteiger partial charge on any atom is 0.332 e. The Kier molecular flexibility index (Phi) is 5.87. The number of aryl methyl sites for hydroxylation is 1. The van der Waals surface area contributed by atoms with Crippen molar-refractivity contribution in [3.8, 4) is 0 Å². The van der Waals surface area contributed by atoms with Crippen LogP contribution in [0.4, 0.5) is 0 Å². The van der Waals surface area contributed by atoms with Gasteiger partial charge in [0, 0.05) is 37.5 Å². The predicted octanol–water partition coefficient (Wildman–Crippen LogP) is 2.33. The molecule has 0 saturated carbocycles. The van der Waals surface area contributed by atoms with Crippen LogP contribution in [0.15, 0.2) is 20.7 Å². The summed E-state index contributed by atoms with van der Waals surface area (Å²) in [6.07, 6.45) is 5.72. The number of aromatic nitrogens is 3. The summed E-state index contributed by atoms with van der Waals surface area (Å²) in [5.74, 6) is 1.21. The highest BCUT2D eigenvalue weighted by atomic mass is 32.2. The molecule has 0 atom stereocenters. The molecule has 1 aliphatic heterocycles. The smallest absolute Gasteiger partial charge is 0.303 e. The number of piperidine rings is 1. The molecule has 1 aliphatic rings. The molecule has 0 radical (unpaired) electrons. The normalized spacial score (nSPS) is 15.9. The van der Waals surface area contributed by atoms with Crippen molar-refractivity contribution >= 4 is 22.8 Å². The van der Waals surface area contributed by atoms with E-state index in [1.54, 1.807) is 18.8 Å². The number of likely N-dealkylation sites (tertiary alicyclic amines) is 1. The van der Waals surface area contributed by atoms with Gasteiger partial charge < -0.3 is 4.90 Å². The summed E-state index contributed by atoms with van der Waals surface area (Å²) in [7, 11) is 3.21. The molecule has 7 heteroatoms. The Hall–Kier alpha value is -1.60. The first-order valence-corrected chi connectivity index (χ1v) is 10.3. The number of fused-ring (bicyclic) bond motifs is 1. The summed E-state index contributed by atoms with van der Waals surface area (Å²) < 4.78 is 2.65. The molecule has 2 aromatic heterocycles. The van der Waals surface area contributed by atoms with Crippen molar-refractivity contribution in [2.45, 2.75) is 43.9 Å². The van der Waals surface area contributed by atoms with Crippen LogP contribution in [-0.2, 0) is 14.1 Å². The van der Waals surface area contributed by atoms with Gasteiger partial charge in [-0.25, -0.2) is 9.78 Å². The summed E-state index contributed by atoms with van der Waals surface area (Å²) in [5.41, 5.74) is 0.968. The van der Waals surface area contributed by atoms with Gasteiger partial charge >= 0.3 is 5.69 Å². The molecular weight excluding hydrogens is 348 g/mol. The first kappa shape index (κ1) is 19.2. The van der Waals surface area contributed by atoms with Crippen molar-refractivity contribution in [2.75, 3.05) is 25.4 Å². The van der Waals surface area contributed by atoms with Crippen LogP contribution in [0.3, 0.4) is 0 Å². The van der Waals surface area contributed by atoms with Crippen molar-refractivity contribution in [1.29, 1.82) is 0 Å². The van der Waals surface area contributed by atoms with Crippen molar-refractivity contribution in [3.63, 3.8) is 0 Å². The summed E-state index contributed by atoms with van der Waals surface area (Å²) >= 11 is 1.73. The fourth-order valence-corrected chi connectivity index (χ4v) is 4.88. The Balaban J connectivity index is 2.01. The highest BCUT2D eigenvalue weighted by molar-refractivity contribution is 7.99. The summed E-state index contributed by atoms with van der Waals surface area (Å²) in [4.78, 5) is 33.0. The van der Waals surface area contributed by atoms with Gasteiger partial charge in [0.05, 0.1) is 5.39 Å². The lowest BCUT2D eigenvalue weighted by molar-refractivity contribution is 0.242. The third-order valence-corrected chi connectivity index (χ3v) is 6.29. The van der Waals surface area contributed by atoms with E-state index in [4.69, 9.17) is 0 Å². The molecule has 3 heterocycles. The SMILES string of the molecule is CC(C)c1cnc2c(c1SCCN1CCCCC1)c(=O)n(C)c(=O)n2C. The molecule has 26 heavy (non-hydrogen) atoms. The lowest BCUT2D eigenvalue weighted by Gasteiger charge is -2.26. The van der Waals surface area contributed by atoms with Crippen LogP contribution in [0.5, 0.6) is 0 Å². The van der Waals surface area contributed by atoms with E-state index in [-0.39, 0.29) is 17.2 Å². The third kappa shape index (κ3) is 3.60. The Morgan fingerprint density at radius 1 is 1.12 bits per heavy atom. The van der Waals surface area contributed by atoms with E-state index < -0.39 is 0 Å². The van der Waals surface area contributed by atoms with E-state index in [2.05, 4.69) is 23.7 Å². The molecule has 0 amide bonds. The fourth-order valence-electron chi connectivity index (χ4n) is 3.54. The van der Waals surface area contributed by atoms with Crippen LogP contribution in [0.25, 0.3) is 11.0 Å². The molecule has 0 aliphatic carbocycles. The lowest BCUT2D eigenvalue weighted by atomic mass is 10.0. The zero-order valence-corrected chi connectivity index (χ0v) is 16.9. The van der Waals surface area contributed by atoms with Crippen molar-refractivity contribution in [3.05, 3.63) is 32.6 Å². The predicted molar refractivity (Wildman–Crippen MR) is 107 cm³/mol. The average Bonchev–Trinajstić information content (AvgIpc) is 2.64. The van der Waals surface area contributed by atoms with Crippen LogP contribution >= 0.6 is 11.8 Å². The molecule has 142 valence electrons. The fraction of sp³-hybridized carbons (Fsp3) is 0.632. The second-order valence-corrected chi connectivity index (χ2v) is 8.46. The van der Waals surface area contributed by atoms with Crippen LogP contribution in [0, 0.1) is 0 Å². The quantitative estimate of drug-likeness (QED) is 0.750. The number of rotatable bonds is 5. The molecule has 0 unspecified atom stereocenters. The highest BCUT2D eigenvalue weighted by Crippen LogP contribution is 2.32. The largest absolute Gasteiger partial charge is 0.332 e. The van der Waals surface area contributed by atoms with E-state index in [0.717, 1.165) is 22.8 Å². The molecule has 0 bridgehead atoms. The van der Waals surface area contributed by atoms with Gasteiger partial charge in [0.25, 0.3) is 5.56 Å². The van der Waals surface area contributed by atoms with Crippen LogP contribution in [0.2, 0.25) is 0 Å². The summed E-state index contributed by atoms with van der Waals surface area (Å²) in [6.45, 7) is 7.60. The Labute approximate surface area is 158 Å². The number of hydrogen-bond acceptors (Lipinski definition) is 5. The van der Waals surface area contributed by atoms with Crippen LogP contribution in [0.1, 0.15) is 44.6 Å². The van der Waals surface area contributed by atoms with Crippen molar-refractivity contribution < 1.29 is 0 Å². The number of hydrogen-bond donors (Lipinski definition) is 0. The van der Waals surface area contributed by atoms with Gasteiger partial charge in [-0.2, -0.15) is 0 Å². The zero-order chi connectivity index (χ0) is 18.8. The number of nitrogens with zero attached hydrogens (tertiary/aromatic N) is 4. The summed E-state index contributed by atoms with van der Waals surface area (Å²) in [5, 5.41) is 0.574. The second-order valence-electron chi connectivity index (χ2n) is 7.35. The first-order chi connectivity index (χ1) is 12.4. The molecule has 0 spiro atoms. The molecular formula is C19H28N4O2S. The van der Waals surface area contributed by atoms with E-state index in [0.29, 0.717) is 11.0 Å². The lowest BCUT2D eigenvalue weighted by Crippen LogP contribution is -2.37. The minimum atomic E-state index is -0.337. The molecule has 1 saturated heterocycles. The molecule has 0 N–H and O–H groups in total. The van der Waals surface area contributed by atoms with Crippen molar-refractivity contribution in [2.24, 2.45) is 14.1 Å². The third-order valence-electron chi connectivity index (χ3n) is 5.17. The topological polar surface area (TPSA) is 60.1 Å². The minimum Gasteiger partial charge on any atom is -0.303 e. The van der Waals surface area contributed by atoms with Crippen LogP contribution < -0.4 is 11.2 Å². The Morgan fingerprint density at radius 3 is 2.46 bits per heavy atom. The van der Waals surface area contributed by atoms with E-state index in [1.807, 2.05) is 6.20 Å². The Bertz CT molecular complexity index is 910. The van der Waals surface area contributed by atoms with Gasteiger partial charge in [0.15, 0.2) is 0 Å². The second kappa shape index (κ2) is 7.96. The van der Waals surface area contributed by atoms with Crippen LogP contribution in [-0.4, -0.2) is 44.4 Å². The molecule has 6 nitrogen and oxygen atoms in total. The maximum atomic E-state index is 12.8.